The van der Waals surface area contributed by atoms with Gasteiger partial charge in [0.15, 0.2) is 9.84 Å². The summed E-state index contributed by atoms with van der Waals surface area (Å²) in [4.78, 5) is 69.9. The van der Waals surface area contributed by atoms with Gasteiger partial charge in [-0.25, -0.2) is 13.2 Å². The maximum absolute atomic E-state index is 14.5. The smallest absolute Gasteiger partial charge is 0.315 e. The van der Waals surface area contributed by atoms with Crippen LogP contribution in [0.3, 0.4) is 0 Å². The van der Waals surface area contributed by atoms with Gasteiger partial charge in [-0.1, -0.05) is 91.1 Å². The molecule has 4 aliphatic rings. The summed E-state index contributed by atoms with van der Waals surface area (Å²) in [5.74, 6) is -2.53. The van der Waals surface area contributed by atoms with Gasteiger partial charge in [-0.15, -0.1) is 6.58 Å². The third-order valence-corrected chi connectivity index (χ3v) is 15.4. The minimum absolute atomic E-state index is 0.0800. The zero-order chi connectivity index (χ0) is 37.6. The van der Waals surface area contributed by atoms with Crippen molar-refractivity contribution < 1.29 is 32.4 Å². The predicted molar refractivity (Wildman–Crippen MR) is 197 cm³/mol. The maximum atomic E-state index is 14.5. The van der Waals surface area contributed by atoms with Crippen molar-refractivity contribution in [1.82, 2.24) is 26.2 Å². The quantitative estimate of drug-likeness (QED) is 0.191. The van der Waals surface area contributed by atoms with Crippen LogP contribution in [-0.2, 0) is 29.0 Å². The largest absolute Gasteiger partial charge is 0.346 e. The van der Waals surface area contributed by atoms with Gasteiger partial charge in [0.25, 0.3) is 5.91 Å². The van der Waals surface area contributed by atoms with Crippen LogP contribution in [0.1, 0.15) is 131 Å². The van der Waals surface area contributed by atoms with E-state index in [1.165, 1.54) is 6.08 Å². The number of urea groups is 1. The van der Waals surface area contributed by atoms with E-state index in [1.54, 1.807) is 18.7 Å². The molecule has 5 atom stereocenters. The van der Waals surface area contributed by atoms with Crippen LogP contribution in [0.2, 0.25) is 0 Å². The van der Waals surface area contributed by atoms with Crippen LogP contribution in [0.15, 0.2) is 12.7 Å². The normalized spacial score (nSPS) is 28.7. The van der Waals surface area contributed by atoms with Crippen LogP contribution in [0, 0.1) is 17.3 Å². The number of Topliss-reactive ketones (excluding diaryl/α,β-unsaturated/α-hetero) is 1. The number of fused-ring (bicyclic) bond motifs is 3. The van der Waals surface area contributed by atoms with Crippen molar-refractivity contribution in [2.75, 3.05) is 18.8 Å². The van der Waals surface area contributed by atoms with E-state index in [1.807, 2.05) is 6.92 Å². The van der Waals surface area contributed by atoms with Crippen molar-refractivity contribution in [3.8, 4) is 0 Å². The molecule has 0 aromatic carbocycles. The van der Waals surface area contributed by atoms with Gasteiger partial charge < -0.3 is 26.2 Å². The van der Waals surface area contributed by atoms with E-state index in [0.717, 1.165) is 51.4 Å². The summed E-state index contributed by atoms with van der Waals surface area (Å²) in [6.45, 7) is 13.5. The molecule has 0 unspecified atom stereocenters. The summed E-state index contributed by atoms with van der Waals surface area (Å²) >= 11 is 0. The fourth-order valence-corrected chi connectivity index (χ4v) is 10.5. The Morgan fingerprint density at radius 3 is 2.16 bits per heavy atom. The third kappa shape index (κ3) is 9.53. The van der Waals surface area contributed by atoms with E-state index in [9.17, 15) is 32.4 Å². The lowest BCUT2D eigenvalue weighted by Crippen LogP contribution is -2.62. The number of rotatable bonds is 10. The number of sulfone groups is 1. The minimum Gasteiger partial charge on any atom is -0.346 e. The Kier molecular flexibility index (Phi) is 13.4. The molecule has 2 saturated carbocycles. The van der Waals surface area contributed by atoms with Crippen molar-refractivity contribution in [2.24, 2.45) is 17.3 Å². The number of nitrogens with zero attached hydrogens (tertiary/aromatic N) is 1. The van der Waals surface area contributed by atoms with E-state index in [4.69, 9.17) is 0 Å². The van der Waals surface area contributed by atoms with Crippen molar-refractivity contribution in [2.45, 2.75) is 159 Å². The zero-order valence-corrected chi connectivity index (χ0v) is 32.4. The van der Waals surface area contributed by atoms with Crippen LogP contribution < -0.4 is 21.3 Å². The molecule has 2 aliphatic heterocycles. The number of hydrogen-bond donors (Lipinski definition) is 4. The molecule has 4 fully saturated rings. The van der Waals surface area contributed by atoms with Crippen molar-refractivity contribution in [3.05, 3.63) is 12.7 Å². The first kappa shape index (κ1) is 40.8. The number of amides is 5. The lowest BCUT2D eigenvalue weighted by atomic mass is 9.83. The number of nitrogens with one attached hydrogen (secondary N) is 4. The van der Waals surface area contributed by atoms with Crippen LogP contribution in [0.4, 0.5) is 4.79 Å². The molecular weight excluding hydrogens is 671 g/mol. The van der Waals surface area contributed by atoms with E-state index in [0.29, 0.717) is 51.5 Å². The molecule has 2 saturated heterocycles. The first-order valence-electron chi connectivity index (χ1n) is 19.3. The Labute approximate surface area is 305 Å². The first-order chi connectivity index (χ1) is 24.0. The van der Waals surface area contributed by atoms with Gasteiger partial charge in [0, 0.05) is 13.1 Å². The van der Waals surface area contributed by atoms with Crippen LogP contribution in [0.25, 0.3) is 0 Å². The molecule has 2 aliphatic carbocycles. The number of hydrogen-bond acceptors (Lipinski definition) is 7. The predicted octanol–water partition coefficient (Wildman–Crippen LogP) is 4.32. The number of carbonyl (C=O) groups is 5. The van der Waals surface area contributed by atoms with Gasteiger partial charge in [-0.3, -0.25) is 19.2 Å². The van der Waals surface area contributed by atoms with Crippen molar-refractivity contribution in [3.63, 3.8) is 0 Å². The fourth-order valence-electron chi connectivity index (χ4n) is 8.54. The zero-order valence-electron chi connectivity index (χ0n) is 31.6. The van der Waals surface area contributed by atoms with Crippen LogP contribution in [-0.4, -0.2) is 90.1 Å². The summed E-state index contributed by atoms with van der Waals surface area (Å²) in [5.41, 5.74) is -1.12. The van der Waals surface area contributed by atoms with Crippen molar-refractivity contribution in [1.29, 1.82) is 0 Å². The second-order valence-electron chi connectivity index (χ2n) is 16.7. The molecule has 13 heteroatoms. The lowest BCUT2D eigenvalue weighted by Gasteiger charge is -2.40. The van der Waals surface area contributed by atoms with E-state index in [-0.39, 0.29) is 35.5 Å². The maximum Gasteiger partial charge on any atom is 0.315 e. The Morgan fingerprint density at radius 2 is 1.55 bits per heavy atom. The van der Waals surface area contributed by atoms with Gasteiger partial charge in [-0.2, -0.15) is 0 Å². The number of ketones is 1. The second kappa shape index (κ2) is 16.8. The van der Waals surface area contributed by atoms with Gasteiger partial charge in [-0.05, 0) is 63.2 Å². The average molecular weight is 734 g/mol. The molecule has 0 radical (unpaired) electrons. The third-order valence-electron chi connectivity index (χ3n) is 12.5. The van der Waals surface area contributed by atoms with E-state index >= 15 is 0 Å². The molecule has 4 rings (SSSR count). The van der Waals surface area contributed by atoms with Crippen molar-refractivity contribution >= 4 is 39.4 Å². The summed E-state index contributed by atoms with van der Waals surface area (Å²) in [7, 11) is -3.56. The summed E-state index contributed by atoms with van der Waals surface area (Å²) in [6.07, 6.45) is 12.2. The van der Waals surface area contributed by atoms with Gasteiger partial charge in [0.05, 0.1) is 22.1 Å². The highest BCUT2D eigenvalue weighted by Gasteiger charge is 2.69. The highest BCUT2D eigenvalue weighted by Crippen LogP contribution is 2.65. The second-order valence-corrected chi connectivity index (χ2v) is 19.4. The minimum atomic E-state index is -3.56. The first-order valence-corrected chi connectivity index (χ1v) is 21.0. The molecule has 12 nitrogen and oxygen atoms in total. The Balaban J connectivity index is 1.58. The van der Waals surface area contributed by atoms with Crippen LogP contribution in [0.5, 0.6) is 0 Å². The van der Waals surface area contributed by atoms with Gasteiger partial charge in [0.2, 0.25) is 17.6 Å². The molecule has 0 aromatic rings. The molecular formula is C38H63N5O7S. The van der Waals surface area contributed by atoms with E-state index in [2.05, 4.69) is 41.7 Å². The van der Waals surface area contributed by atoms with E-state index < -0.39 is 61.9 Å². The summed E-state index contributed by atoms with van der Waals surface area (Å²) in [6, 6.07) is -3.36. The summed E-state index contributed by atoms with van der Waals surface area (Å²) in [5, 5.41) is 11.4. The summed E-state index contributed by atoms with van der Waals surface area (Å²) < 4.78 is 26.2. The Morgan fingerprint density at radius 1 is 0.961 bits per heavy atom. The molecule has 0 bridgehead atoms. The van der Waals surface area contributed by atoms with Gasteiger partial charge in [0.1, 0.15) is 12.1 Å². The molecule has 5 amide bonds. The average Bonchev–Trinajstić information content (AvgIpc) is 3.38. The monoisotopic (exact) mass is 733 g/mol. The number of carbonyl (C=O) groups excluding carboxylic acids is 5. The standard InChI is InChI=1S/C38H63N5O7S/c1-7-23-39-33(46)31(44)27-19-15-12-10-9-11-13-16-20-28(34(47)43-24-26-29(37(26,5)6)30(43)32(45)40-27)41-35(48)42-38(21-17-14-18-22-38)25-51(49,50)36(3,4)8-2/h7,26-30H,1,8-25H2,2-6H3,(H,39,46)(H,40,45)(H2,41,42,48)/t26-,27-,28-,29-,30-/m0/s1. The highest BCUT2D eigenvalue weighted by atomic mass is 32.2. The molecule has 4 N–H and O–H groups in total. The topological polar surface area (TPSA) is 171 Å². The SMILES string of the molecule is C=CCNC(=O)C(=O)[C@@H]1CCCCCCCCC[C@H](NC(=O)NC2(CS(=O)(=O)C(C)(C)CC)CCCCC2)C(=O)N2C[C@H]3[C@@H]([C@H]2C(=O)N1)C3(C)C. The fraction of sp³-hybridized carbons (Fsp3) is 0.816. The number of piperidine rings is 1. The highest BCUT2D eigenvalue weighted by molar-refractivity contribution is 7.92. The van der Waals surface area contributed by atoms with Gasteiger partial charge >= 0.3 is 6.03 Å². The van der Waals surface area contributed by atoms with Crippen LogP contribution >= 0.6 is 0 Å². The molecule has 0 aromatic heterocycles. The Hall–Kier alpha value is -2.96. The molecule has 0 spiro atoms. The lowest BCUT2D eigenvalue weighted by molar-refractivity contribution is -0.144. The molecule has 288 valence electrons. The molecule has 2 heterocycles. The molecule has 51 heavy (non-hydrogen) atoms. The Bertz CT molecular complexity index is 1420.